The molecule has 0 fully saturated rings. The zero-order valence-electron chi connectivity index (χ0n) is 8.55. The number of rotatable bonds is 3. The fourth-order valence-corrected chi connectivity index (χ4v) is 1.61. The molecule has 0 aromatic heterocycles. The fourth-order valence-electron chi connectivity index (χ4n) is 1.43. The van der Waals surface area contributed by atoms with Crippen molar-refractivity contribution >= 4 is 11.6 Å². The molecule has 0 aliphatic heterocycles. The third-order valence-electron chi connectivity index (χ3n) is 2.50. The lowest BCUT2D eigenvalue weighted by Gasteiger charge is -2.24. The molecule has 0 bridgehead atoms. The van der Waals surface area contributed by atoms with Gasteiger partial charge in [0.1, 0.15) is 5.75 Å². The quantitative estimate of drug-likeness (QED) is 0.811. The molecule has 0 amide bonds. The Balaban J connectivity index is 3.01. The van der Waals surface area contributed by atoms with E-state index in [1.807, 2.05) is 6.07 Å². The van der Waals surface area contributed by atoms with Crippen LogP contribution in [0.15, 0.2) is 18.2 Å². The third kappa shape index (κ3) is 2.40. The number of halogens is 1. The van der Waals surface area contributed by atoms with E-state index in [1.54, 1.807) is 12.1 Å². The predicted octanol–water partition coefficient (Wildman–Crippen LogP) is 2.67. The molecule has 0 aliphatic rings. The summed E-state index contributed by atoms with van der Waals surface area (Å²) in [6.45, 7) is 4.87. The molecule has 0 spiro atoms. The largest absolute Gasteiger partial charge is 0.506 e. The fraction of sp³-hybridized carbons (Fsp3) is 0.455. The van der Waals surface area contributed by atoms with Crippen molar-refractivity contribution in [1.29, 1.82) is 0 Å². The Bertz CT molecular complexity index is 323. The Kier molecular flexibility index (Phi) is 3.40. The molecule has 0 saturated carbocycles. The summed E-state index contributed by atoms with van der Waals surface area (Å²) in [5, 5.41) is 9.68. The first kappa shape index (κ1) is 11.3. The number of hydrogen-bond acceptors (Lipinski definition) is 2. The minimum atomic E-state index is 0.00604. The molecule has 1 aromatic carbocycles. The van der Waals surface area contributed by atoms with E-state index >= 15 is 0 Å². The van der Waals surface area contributed by atoms with Crippen LogP contribution >= 0.6 is 11.6 Å². The molecule has 0 heterocycles. The van der Waals surface area contributed by atoms with Gasteiger partial charge in [-0.1, -0.05) is 31.5 Å². The maximum atomic E-state index is 9.28. The monoisotopic (exact) mass is 213 g/mol. The van der Waals surface area contributed by atoms with Crippen molar-refractivity contribution < 1.29 is 5.11 Å². The first-order valence-corrected chi connectivity index (χ1v) is 5.04. The van der Waals surface area contributed by atoms with Gasteiger partial charge in [-0.2, -0.15) is 0 Å². The lowest BCUT2D eigenvalue weighted by Crippen LogP contribution is -2.21. The Morgan fingerprint density at radius 2 is 2.07 bits per heavy atom. The van der Waals surface area contributed by atoms with Gasteiger partial charge in [-0.05, 0) is 36.1 Å². The van der Waals surface area contributed by atoms with Crippen molar-refractivity contribution in [2.45, 2.75) is 25.7 Å². The Labute approximate surface area is 89.7 Å². The van der Waals surface area contributed by atoms with E-state index in [4.69, 9.17) is 17.3 Å². The van der Waals surface area contributed by atoms with E-state index in [1.165, 1.54) is 0 Å². The molecule has 14 heavy (non-hydrogen) atoms. The van der Waals surface area contributed by atoms with E-state index in [0.29, 0.717) is 11.6 Å². The highest BCUT2D eigenvalue weighted by molar-refractivity contribution is 6.32. The molecule has 78 valence electrons. The second kappa shape index (κ2) is 4.20. The van der Waals surface area contributed by atoms with Crippen LogP contribution in [0, 0.1) is 0 Å². The van der Waals surface area contributed by atoms with Gasteiger partial charge in [-0.3, -0.25) is 0 Å². The van der Waals surface area contributed by atoms with E-state index in [9.17, 15) is 5.11 Å². The topological polar surface area (TPSA) is 46.2 Å². The van der Waals surface area contributed by atoms with E-state index in [2.05, 4.69) is 13.8 Å². The van der Waals surface area contributed by atoms with E-state index < -0.39 is 0 Å². The van der Waals surface area contributed by atoms with Gasteiger partial charge in [-0.25, -0.2) is 0 Å². The molecule has 2 nitrogen and oxygen atoms in total. The highest BCUT2D eigenvalue weighted by Gasteiger charge is 2.20. The zero-order valence-corrected chi connectivity index (χ0v) is 9.30. The van der Waals surface area contributed by atoms with Crippen molar-refractivity contribution in [2.75, 3.05) is 6.54 Å². The lowest BCUT2D eigenvalue weighted by molar-refractivity contribution is 0.469. The summed E-state index contributed by atoms with van der Waals surface area (Å²) < 4.78 is 0. The molecule has 3 N–H and O–H groups in total. The first-order valence-electron chi connectivity index (χ1n) is 4.66. The van der Waals surface area contributed by atoms with Gasteiger partial charge >= 0.3 is 0 Å². The van der Waals surface area contributed by atoms with Gasteiger partial charge in [0, 0.05) is 0 Å². The molecule has 0 atom stereocenters. The second-order valence-electron chi connectivity index (χ2n) is 4.09. The number of aromatic hydroxyl groups is 1. The molecule has 1 aromatic rings. The maximum Gasteiger partial charge on any atom is 0.134 e. The third-order valence-corrected chi connectivity index (χ3v) is 2.80. The van der Waals surface area contributed by atoms with Crippen LogP contribution in [0.2, 0.25) is 5.02 Å². The summed E-state index contributed by atoms with van der Waals surface area (Å²) in [5.74, 6) is 0.124. The van der Waals surface area contributed by atoms with Crippen molar-refractivity contribution in [2.24, 2.45) is 5.73 Å². The molecular weight excluding hydrogens is 198 g/mol. The van der Waals surface area contributed by atoms with Gasteiger partial charge in [0.25, 0.3) is 0 Å². The van der Waals surface area contributed by atoms with Crippen LogP contribution in [-0.4, -0.2) is 11.7 Å². The van der Waals surface area contributed by atoms with Crippen LogP contribution in [0.5, 0.6) is 5.75 Å². The summed E-state index contributed by atoms with van der Waals surface area (Å²) in [7, 11) is 0. The minimum absolute atomic E-state index is 0.00604. The average Bonchev–Trinajstić information content (AvgIpc) is 2.09. The predicted molar refractivity (Wildman–Crippen MR) is 59.8 cm³/mol. The molecular formula is C11H16ClNO. The first-order chi connectivity index (χ1) is 6.47. The number of nitrogens with two attached hydrogens (primary N) is 1. The van der Waals surface area contributed by atoms with Crippen LogP contribution in [-0.2, 0) is 5.41 Å². The normalized spacial score (nSPS) is 11.7. The summed E-state index contributed by atoms with van der Waals surface area (Å²) in [5.41, 5.74) is 6.65. The molecule has 3 heteroatoms. The van der Waals surface area contributed by atoms with Crippen molar-refractivity contribution in [3.05, 3.63) is 28.8 Å². The average molecular weight is 214 g/mol. The minimum Gasteiger partial charge on any atom is -0.506 e. The van der Waals surface area contributed by atoms with Gasteiger partial charge in [-0.15, -0.1) is 0 Å². The van der Waals surface area contributed by atoms with Crippen LogP contribution < -0.4 is 5.73 Å². The Morgan fingerprint density at radius 3 is 2.57 bits per heavy atom. The van der Waals surface area contributed by atoms with Crippen LogP contribution in [0.3, 0.4) is 0 Å². The van der Waals surface area contributed by atoms with Gasteiger partial charge in [0.2, 0.25) is 0 Å². The van der Waals surface area contributed by atoms with Crippen LogP contribution in [0.25, 0.3) is 0 Å². The van der Waals surface area contributed by atoms with Crippen molar-refractivity contribution in [3.8, 4) is 5.75 Å². The second-order valence-corrected chi connectivity index (χ2v) is 4.50. The Hall–Kier alpha value is -0.730. The smallest absolute Gasteiger partial charge is 0.134 e. The van der Waals surface area contributed by atoms with E-state index in [0.717, 1.165) is 12.0 Å². The lowest BCUT2D eigenvalue weighted by atomic mass is 9.81. The molecule has 0 radical (unpaired) electrons. The Morgan fingerprint density at radius 1 is 1.43 bits per heavy atom. The SMILES string of the molecule is CC(C)(CCN)c1ccc(O)c(Cl)c1. The van der Waals surface area contributed by atoms with Crippen LogP contribution in [0.4, 0.5) is 0 Å². The van der Waals surface area contributed by atoms with Crippen LogP contribution in [0.1, 0.15) is 25.8 Å². The molecule has 0 aliphatic carbocycles. The van der Waals surface area contributed by atoms with E-state index in [-0.39, 0.29) is 11.2 Å². The number of benzene rings is 1. The van der Waals surface area contributed by atoms with Gasteiger partial charge in [0.15, 0.2) is 0 Å². The standard InChI is InChI=1S/C11H16ClNO/c1-11(2,5-6-13)8-3-4-10(14)9(12)7-8/h3-4,7,14H,5-6,13H2,1-2H3. The maximum absolute atomic E-state index is 9.28. The van der Waals surface area contributed by atoms with Gasteiger partial charge < -0.3 is 10.8 Å². The number of phenolic OH excluding ortho intramolecular Hbond substituents is 1. The highest BCUT2D eigenvalue weighted by Crippen LogP contribution is 2.32. The summed E-state index contributed by atoms with van der Waals surface area (Å²) in [6.07, 6.45) is 0.897. The summed E-state index contributed by atoms with van der Waals surface area (Å²) >= 11 is 5.84. The molecule has 1 rings (SSSR count). The van der Waals surface area contributed by atoms with Gasteiger partial charge in [0.05, 0.1) is 5.02 Å². The molecule has 0 saturated heterocycles. The number of phenols is 1. The number of hydrogen-bond donors (Lipinski definition) is 2. The zero-order chi connectivity index (χ0) is 10.8. The van der Waals surface area contributed by atoms with Crippen molar-refractivity contribution in [1.82, 2.24) is 0 Å². The summed E-state index contributed by atoms with van der Waals surface area (Å²) in [4.78, 5) is 0. The summed E-state index contributed by atoms with van der Waals surface area (Å²) in [6, 6.07) is 5.30. The highest BCUT2D eigenvalue weighted by atomic mass is 35.5. The molecule has 0 unspecified atom stereocenters. The van der Waals surface area contributed by atoms with Crippen molar-refractivity contribution in [3.63, 3.8) is 0 Å².